The molecule has 138 valence electrons. The molecule has 1 aromatic heterocycles. The second-order valence-electron chi connectivity index (χ2n) is 6.92. The molecule has 0 aliphatic heterocycles. The third-order valence-electron chi connectivity index (χ3n) is 5.20. The van der Waals surface area contributed by atoms with E-state index >= 15 is 0 Å². The predicted octanol–water partition coefficient (Wildman–Crippen LogP) is 1.27. The number of hydrogen-bond acceptors (Lipinski definition) is 7. The van der Waals surface area contributed by atoms with Crippen LogP contribution in [0.1, 0.15) is 55.3 Å². The van der Waals surface area contributed by atoms with Crippen LogP contribution in [-0.4, -0.2) is 52.4 Å². The first kappa shape index (κ1) is 17.9. The van der Waals surface area contributed by atoms with Gasteiger partial charge in [-0.05, 0) is 44.9 Å². The number of primary amides is 1. The number of hydrogen-bond donors (Lipinski definition) is 4. The van der Waals surface area contributed by atoms with Crippen LogP contribution in [0.2, 0.25) is 0 Å². The maximum Gasteiger partial charge on any atom is 0.254 e. The number of aliphatic hydroxyl groups is 1. The molecule has 5 N–H and O–H groups in total. The predicted molar refractivity (Wildman–Crippen MR) is 94.5 cm³/mol. The highest BCUT2D eigenvalue weighted by molar-refractivity contribution is 5.97. The minimum absolute atomic E-state index is 0.113. The highest BCUT2D eigenvalue weighted by Gasteiger charge is 2.27. The quantitative estimate of drug-likeness (QED) is 0.610. The average Bonchev–Trinajstić information content (AvgIpc) is 3.00. The van der Waals surface area contributed by atoms with Crippen LogP contribution in [0.5, 0.6) is 0 Å². The summed E-state index contributed by atoms with van der Waals surface area (Å²) in [6, 6.07) is 0.175. The van der Waals surface area contributed by atoms with E-state index < -0.39 is 12.0 Å². The number of nitrogens with zero attached hydrogens (tertiary/aromatic N) is 2. The second kappa shape index (κ2) is 7.97. The van der Waals surface area contributed by atoms with Crippen molar-refractivity contribution in [2.75, 3.05) is 17.7 Å². The molecule has 0 aromatic carbocycles. The first-order chi connectivity index (χ1) is 12.1. The van der Waals surface area contributed by atoms with Crippen LogP contribution in [0.4, 0.5) is 11.8 Å². The number of anilines is 2. The van der Waals surface area contributed by atoms with E-state index in [-0.39, 0.29) is 17.6 Å². The van der Waals surface area contributed by atoms with Gasteiger partial charge in [0.2, 0.25) is 5.95 Å². The summed E-state index contributed by atoms with van der Waals surface area (Å²) in [7, 11) is 1.75. The summed E-state index contributed by atoms with van der Waals surface area (Å²) < 4.78 is 5.39. The first-order valence-corrected chi connectivity index (χ1v) is 8.97. The zero-order chi connectivity index (χ0) is 17.8. The molecule has 0 bridgehead atoms. The number of nitrogens with two attached hydrogens (primary N) is 1. The van der Waals surface area contributed by atoms with E-state index in [2.05, 4.69) is 20.6 Å². The molecule has 2 saturated carbocycles. The highest BCUT2D eigenvalue weighted by atomic mass is 16.5. The number of carbonyl (C=O) groups is 1. The Kier molecular flexibility index (Phi) is 5.70. The van der Waals surface area contributed by atoms with Crippen molar-refractivity contribution < 1.29 is 14.6 Å². The van der Waals surface area contributed by atoms with Crippen molar-refractivity contribution in [2.45, 2.75) is 69.2 Å². The first-order valence-electron chi connectivity index (χ1n) is 8.97. The van der Waals surface area contributed by atoms with E-state index in [0.717, 1.165) is 44.9 Å². The molecule has 0 spiro atoms. The Labute approximate surface area is 147 Å². The minimum Gasteiger partial charge on any atom is -0.391 e. The van der Waals surface area contributed by atoms with E-state index in [1.807, 2.05) is 0 Å². The molecule has 0 saturated heterocycles. The van der Waals surface area contributed by atoms with Crippen molar-refractivity contribution in [3.8, 4) is 0 Å². The summed E-state index contributed by atoms with van der Waals surface area (Å²) in [5.41, 5.74) is 5.68. The van der Waals surface area contributed by atoms with Gasteiger partial charge in [-0.25, -0.2) is 4.98 Å². The molecule has 8 nitrogen and oxygen atoms in total. The van der Waals surface area contributed by atoms with Crippen molar-refractivity contribution in [1.82, 2.24) is 9.97 Å². The molecule has 8 heteroatoms. The Morgan fingerprint density at radius 3 is 2.60 bits per heavy atom. The number of aliphatic hydroxyl groups excluding tert-OH is 1. The molecular weight excluding hydrogens is 322 g/mol. The number of amides is 1. The smallest absolute Gasteiger partial charge is 0.254 e. The van der Waals surface area contributed by atoms with E-state index in [4.69, 9.17) is 10.5 Å². The van der Waals surface area contributed by atoms with E-state index in [0.29, 0.717) is 17.9 Å². The van der Waals surface area contributed by atoms with Crippen molar-refractivity contribution in [3.05, 3.63) is 11.8 Å². The zero-order valence-corrected chi connectivity index (χ0v) is 14.6. The molecule has 1 aromatic rings. The molecule has 2 aliphatic carbocycles. The Morgan fingerprint density at radius 2 is 2.00 bits per heavy atom. The molecule has 2 fully saturated rings. The Morgan fingerprint density at radius 1 is 1.24 bits per heavy atom. The van der Waals surface area contributed by atoms with Gasteiger partial charge in [-0.1, -0.05) is 0 Å². The Balaban J connectivity index is 1.70. The van der Waals surface area contributed by atoms with E-state index in [1.165, 1.54) is 6.20 Å². The molecule has 2 atom stereocenters. The van der Waals surface area contributed by atoms with Crippen molar-refractivity contribution >= 4 is 17.7 Å². The van der Waals surface area contributed by atoms with Crippen molar-refractivity contribution in [2.24, 2.45) is 5.73 Å². The van der Waals surface area contributed by atoms with Gasteiger partial charge in [-0.2, -0.15) is 4.98 Å². The minimum atomic E-state index is -0.581. The lowest BCUT2D eigenvalue weighted by atomic mass is 9.93. The van der Waals surface area contributed by atoms with Gasteiger partial charge in [0, 0.05) is 19.3 Å². The number of rotatable bonds is 6. The maximum absolute atomic E-state index is 11.7. The maximum atomic E-state index is 11.7. The Hall–Kier alpha value is -1.93. The summed E-state index contributed by atoms with van der Waals surface area (Å²) >= 11 is 0. The fraction of sp³-hybridized carbons (Fsp3) is 0.706. The fourth-order valence-corrected chi connectivity index (χ4v) is 3.65. The summed E-state index contributed by atoms with van der Waals surface area (Å²) in [4.78, 5) is 20.3. The van der Waals surface area contributed by atoms with Gasteiger partial charge in [0.15, 0.2) is 0 Å². The zero-order valence-electron chi connectivity index (χ0n) is 14.6. The molecule has 0 radical (unpaired) electrons. The van der Waals surface area contributed by atoms with Gasteiger partial charge in [0.05, 0.1) is 23.8 Å². The molecular formula is C17H27N5O3. The van der Waals surface area contributed by atoms with Gasteiger partial charge in [0.25, 0.3) is 5.91 Å². The lowest BCUT2D eigenvalue weighted by Crippen LogP contribution is -2.32. The van der Waals surface area contributed by atoms with Crippen LogP contribution in [0.25, 0.3) is 0 Å². The summed E-state index contributed by atoms with van der Waals surface area (Å²) in [5.74, 6) is 0.282. The molecule has 0 unspecified atom stereocenters. The van der Waals surface area contributed by atoms with Crippen LogP contribution >= 0.6 is 0 Å². The summed E-state index contributed by atoms with van der Waals surface area (Å²) in [6.45, 7) is 0. The van der Waals surface area contributed by atoms with Gasteiger partial charge >= 0.3 is 0 Å². The second-order valence-corrected chi connectivity index (χ2v) is 6.92. The fourth-order valence-electron chi connectivity index (χ4n) is 3.65. The standard InChI is InChI=1S/C17H27N5O3/c1-25-11-7-5-10(6-8-11)20-17-19-9-12(15(18)24)16(22-17)21-13-3-2-4-14(13)23/h9-11,13-14,23H,2-8H2,1H3,(H2,18,24)(H2,19,20,21,22)/t10-,11-,13-,14-/m0/s1. The third-order valence-corrected chi connectivity index (χ3v) is 5.20. The number of methoxy groups -OCH3 is 1. The van der Waals surface area contributed by atoms with Crippen LogP contribution in [0, 0.1) is 0 Å². The van der Waals surface area contributed by atoms with E-state index in [1.54, 1.807) is 7.11 Å². The SMILES string of the molecule is CO[C@H]1CC[C@H](Nc2ncc(C(N)=O)c(N[C@H]3CCC[C@@H]3O)n2)CC1. The normalized spacial score (nSPS) is 29.4. The van der Waals surface area contributed by atoms with Crippen LogP contribution < -0.4 is 16.4 Å². The van der Waals surface area contributed by atoms with Crippen LogP contribution in [-0.2, 0) is 4.74 Å². The highest BCUT2D eigenvalue weighted by Crippen LogP contribution is 2.26. The van der Waals surface area contributed by atoms with Crippen molar-refractivity contribution in [3.63, 3.8) is 0 Å². The lowest BCUT2D eigenvalue weighted by Gasteiger charge is -2.28. The average molecular weight is 349 g/mol. The van der Waals surface area contributed by atoms with Gasteiger partial charge in [-0.3, -0.25) is 4.79 Å². The summed E-state index contributed by atoms with van der Waals surface area (Å²) in [5, 5.41) is 16.5. The monoisotopic (exact) mass is 349 g/mol. The van der Waals surface area contributed by atoms with Gasteiger partial charge in [0.1, 0.15) is 5.82 Å². The Bertz CT molecular complexity index is 604. The van der Waals surface area contributed by atoms with Crippen LogP contribution in [0.15, 0.2) is 6.20 Å². The van der Waals surface area contributed by atoms with Gasteiger partial charge < -0.3 is 26.2 Å². The number of carbonyl (C=O) groups excluding carboxylic acids is 1. The number of aromatic nitrogens is 2. The van der Waals surface area contributed by atoms with Crippen LogP contribution in [0.3, 0.4) is 0 Å². The van der Waals surface area contributed by atoms with E-state index in [9.17, 15) is 9.90 Å². The number of ether oxygens (including phenoxy) is 1. The lowest BCUT2D eigenvalue weighted by molar-refractivity contribution is 0.0681. The molecule has 25 heavy (non-hydrogen) atoms. The number of nitrogens with one attached hydrogen (secondary N) is 2. The third kappa shape index (κ3) is 4.38. The molecule has 2 aliphatic rings. The largest absolute Gasteiger partial charge is 0.391 e. The molecule has 3 rings (SSSR count). The van der Waals surface area contributed by atoms with Crippen molar-refractivity contribution in [1.29, 1.82) is 0 Å². The molecule has 1 amide bonds. The molecule has 1 heterocycles. The van der Waals surface area contributed by atoms with Gasteiger partial charge in [-0.15, -0.1) is 0 Å². The topological polar surface area (TPSA) is 122 Å². The summed E-state index contributed by atoms with van der Waals surface area (Å²) in [6.07, 6.45) is 7.88.